The summed E-state index contributed by atoms with van der Waals surface area (Å²) in [6.45, 7) is 4.27. The Morgan fingerprint density at radius 1 is 0.811 bits per heavy atom. The van der Waals surface area contributed by atoms with Crippen LogP contribution in [0.4, 0.5) is 5.69 Å². The van der Waals surface area contributed by atoms with E-state index < -0.39 is 0 Å². The van der Waals surface area contributed by atoms with Gasteiger partial charge >= 0.3 is 0 Å². The number of aliphatic imine (C=N–C) groups is 2. The predicted octanol–water partition coefficient (Wildman–Crippen LogP) is 8.18. The molecule has 0 spiro atoms. The first-order chi connectivity index (χ1) is 18.2. The van der Waals surface area contributed by atoms with Gasteiger partial charge in [0.2, 0.25) is 0 Å². The van der Waals surface area contributed by atoms with Crippen LogP contribution >= 0.6 is 15.9 Å². The molecule has 0 fully saturated rings. The number of hydrogen-bond donors (Lipinski definition) is 0. The molecule has 0 radical (unpaired) electrons. The van der Waals surface area contributed by atoms with Crippen LogP contribution in [0.25, 0.3) is 33.1 Å². The first-order valence-electron chi connectivity index (χ1n) is 11.8. The van der Waals surface area contributed by atoms with Gasteiger partial charge in [-0.3, -0.25) is 9.98 Å². The van der Waals surface area contributed by atoms with E-state index in [9.17, 15) is 0 Å². The van der Waals surface area contributed by atoms with Gasteiger partial charge in [-0.2, -0.15) is 0 Å². The van der Waals surface area contributed by atoms with Gasteiger partial charge in [0.25, 0.3) is 0 Å². The van der Waals surface area contributed by atoms with Crippen LogP contribution in [0.2, 0.25) is 0 Å². The summed E-state index contributed by atoms with van der Waals surface area (Å²) in [6, 6.07) is 34.0. The molecule has 0 atom stereocenters. The Balaban J connectivity index is 1.62. The van der Waals surface area contributed by atoms with E-state index in [1.54, 1.807) is 0 Å². The average molecular weight is 545 g/mol. The number of para-hydroxylation sites is 1. The van der Waals surface area contributed by atoms with Crippen molar-refractivity contribution in [3.63, 3.8) is 0 Å². The number of fused-ring (bicyclic) bond motifs is 2. The molecule has 0 saturated heterocycles. The topological polar surface area (TPSA) is 63.6 Å². The zero-order valence-electron chi connectivity index (χ0n) is 19.8. The maximum atomic E-state index is 6.34. The van der Waals surface area contributed by atoms with Crippen molar-refractivity contribution in [3.8, 4) is 11.3 Å². The molecule has 0 N–H and O–H groups in total. The minimum atomic E-state index is 0.435. The highest BCUT2D eigenvalue weighted by molar-refractivity contribution is 9.10. The smallest absolute Gasteiger partial charge is 0.182 e. The third-order valence-corrected chi connectivity index (χ3v) is 6.62. The van der Waals surface area contributed by atoms with Gasteiger partial charge in [0.1, 0.15) is 17.0 Å². The number of furan rings is 1. The van der Waals surface area contributed by atoms with Crippen molar-refractivity contribution in [1.29, 1.82) is 0 Å². The molecule has 4 aromatic carbocycles. The van der Waals surface area contributed by atoms with Crippen LogP contribution in [0.1, 0.15) is 17.1 Å². The third-order valence-electron chi connectivity index (χ3n) is 6.12. The molecule has 178 valence electrons. The quantitative estimate of drug-likeness (QED) is 0.198. The van der Waals surface area contributed by atoms with E-state index in [1.165, 1.54) is 0 Å². The lowest BCUT2D eigenvalue weighted by Gasteiger charge is -2.11. The summed E-state index contributed by atoms with van der Waals surface area (Å²) >= 11 is 3.55. The number of nitrogens with zero attached hydrogens (tertiary/aromatic N) is 4. The highest BCUT2D eigenvalue weighted by atomic mass is 79.9. The Morgan fingerprint density at radius 3 is 2.32 bits per heavy atom. The van der Waals surface area contributed by atoms with Crippen LogP contribution in [0.3, 0.4) is 0 Å². The molecular formula is C31H21BrN4O. The van der Waals surface area contributed by atoms with Crippen molar-refractivity contribution in [2.75, 3.05) is 0 Å². The van der Waals surface area contributed by atoms with E-state index in [0.29, 0.717) is 35.1 Å². The summed E-state index contributed by atoms with van der Waals surface area (Å²) in [5, 5.41) is 1.81. The molecule has 2 heterocycles. The molecule has 6 rings (SSSR count). The van der Waals surface area contributed by atoms with Crippen molar-refractivity contribution in [2.24, 2.45) is 9.98 Å². The lowest BCUT2D eigenvalue weighted by atomic mass is 10.1. The van der Waals surface area contributed by atoms with E-state index >= 15 is 0 Å². The summed E-state index contributed by atoms with van der Waals surface area (Å²) in [5.41, 5.74) is 5.56. The fourth-order valence-corrected chi connectivity index (χ4v) is 4.73. The highest BCUT2D eigenvalue weighted by Gasteiger charge is 2.24. The van der Waals surface area contributed by atoms with Gasteiger partial charge in [-0.1, -0.05) is 94.8 Å². The molecule has 0 unspecified atom stereocenters. The van der Waals surface area contributed by atoms with Crippen LogP contribution in [-0.2, 0) is 6.54 Å². The van der Waals surface area contributed by atoms with Crippen LogP contribution in [0.15, 0.2) is 122 Å². The lowest BCUT2D eigenvalue weighted by molar-refractivity contribution is 0.604. The minimum Gasteiger partial charge on any atom is -0.452 e. The Hall–Kier alpha value is -4.42. The van der Waals surface area contributed by atoms with Gasteiger partial charge in [0.05, 0.1) is 17.8 Å². The van der Waals surface area contributed by atoms with E-state index in [1.807, 2.05) is 91.0 Å². The summed E-state index contributed by atoms with van der Waals surface area (Å²) in [4.78, 5) is 19.3. The first-order valence-corrected chi connectivity index (χ1v) is 12.6. The molecule has 0 aliphatic heterocycles. The summed E-state index contributed by atoms with van der Waals surface area (Å²) in [7, 11) is 0. The van der Waals surface area contributed by atoms with Crippen molar-refractivity contribution in [2.45, 2.75) is 6.54 Å². The molecule has 0 aliphatic carbocycles. The maximum Gasteiger partial charge on any atom is 0.182 e. The van der Waals surface area contributed by atoms with Crippen molar-refractivity contribution < 1.29 is 4.42 Å². The van der Waals surface area contributed by atoms with Gasteiger partial charge < -0.3 is 4.42 Å². The fraction of sp³-hybridized carbons (Fsp3) is 0.0323. The van der Waals surface area contributed by atoms with Crippen molar-refractivity contribution in [3.05, 3.63) is 125 Å². The van der Waals surface area contributed by atoms with Gasteiger partial charge in [-0.05, 0) is 36.5 Å². The summed E-state index contributed by atoms with van der Waals surface area (Å²) in [6.07, 6.45) is 0. The molecule has 2 aromatic heterocycles. The van der Waals surface area contributed by atoms with Crippen LogP contribution in [0.5, 0.6) is 0 Å². The maximum absolute atomic E-state index is 6.34. The largest absolute Gasteiger partial charge is 0.452 e. The lowest BCUT2D eigenvalue weighted by Crippen LogP contribution is -2.10. The van der Waals surface area contributed by atoms with Gasteiger partial charge in [0.15, 0.2) is 11.6 Å². The minimum absolute atomic E-state index is 0.435. The molecule has 5 nitrogen and oxygen atoms in total. The molecule has 6 heteroatoms. The van der Waals surface area contributed by atoms with Gasteiger partial charge in [0, 0.05) is 20.8 Å². The second kappa shape index (κ2) is 9.91. The highest BCUT2D eigenvalue weighted by Crippen LogP contribution is 2.37. The van der Waals surface area contributed by atoms with Crippen LogP contribution in [0, 0.1) is 0 Å². The number of aromatic nitrogens is 2. The van der Waals surface area contributed by atoms with E-state index in [2.05, 4.69) is 39.8 Å². The molecule has 0 aliphatic rings. The molecular weight excluding hydrogens is 524 g/mol. The Morgan fingerprint density at radius 2 is 1.54 bits per heavy atom. The monoisotopic (exact) mass is 544 g/mol. The number of hydrogen-bond acceptors (Lipinski definition) is 5. The molecule has 0 bridgehead atoms. The SMILES string of the molecule is C=Nc1c(C(=NCc2ccccc2)c2nc(-c3ccccc3)c3ccccc3n2)oc2ccc(Br)cc12. The predicted molar refractivity (Wildman–Crippen MR) is 154 cm³/mol. The molecule has 6 aromatic rings. The zero-order chi connectivity index (χ0) is 25.2. The molecule has 0 saturated carbocycles. The Labute approximate surface area is 222 Å². The summed E-state index contributed by atoms with van der Waals surface area (Å²) < 4.78 is 7.27. The molecule has 37 heavy (non-hydrogen) atoms. The summed E-state index contributed by atoms with van der Waals surface area (Å²) in [5.74, 6) is 0.963. The Bertz CT molecular complexity index is 1780. The molecule has 0 amide bonds. The normalized spacial score (nSPS) is 11.8. The van der Waals surface area contributed by atoms with Gasteiger partial charge in [-0.25, -0.2) is 9.97 Å². The second-order valence-electron chi connectivity index (χ2n) is 8.51. The zero-order valence-corrected chi connectivity index (χ0v) is 21.4. The van der Waals surface area contributed by atoms with E-state index in [4.69, 9.17) is 19.4 Å². The van der Waals surface area contributed by atoms with E-state index in [0.717, 1.165) is 37.6 Å². The standard InChI is InChI=1S/C31H21BrN4O/c1-33-28-24-18-22(32)16-17-26(24)37-30(28)29(34-19-20-10-4-2-5-11-20)31-35-25-15-9-8-14-23(25)27(36-31)21-12-6-3-7-13-21/h2-18H,1,19H2. The second-order valence-corrected chi connectivity index (χ2v) is 9.42. The van der Waals surface area contributed by atoms with Gasteiger partial charge in [-0.15, -0.1) is 0 Å². The average Bonchev–Trinajstić information content (AvgIpc) is 3.31. The van der Waals surface area contributed by atoms with Crippen LogP contribution in [-0.4, -0.2) is 22.4 Å². The number of benzene rings is 4. The first kappa shape index (κ1) is 23.0. The number of halogens is 1. The van der Waals surface area contributed by atoms with Crippen molar-refractivity contribution in [1.82, 2.24) is 9.97 Å². The fourth-order valence-electron chi connectivity index (χ4n) is 4.37. The van der Waals surface area contributed by atoms with Crippen LogP contribution < -0.4 is 0 Å². The third kappa shape index (κ3) is 4.47. The van der Waals surface area contributed by atoms with Crippen molar-refractivity contribution >= 4 is 55.9 Å². The number of rotatable bonds is 6. The van der Waals surface area contributed by atoms with E-state index in [-0.39, 0.29) is 0 Å². The Kier molecular flexibility index (Phi) is 6.16.